The van der Waals surface area contributed by atoms with E-state index in [1.165, 1.54) is 12.3 Å². The van der Waals surface area contributed by atoms with E-state index in [1.54, 1.807) is 26.0 Å². The molecule has 0 aliphatic rings. The molecule has 0 atom stereocenters. The van der Waals surface area contributed by atoms with Gasteiger partial charge in [-0.15, -0.1) is 0 Å². The van der Waals surface area contributed by atoms with Crippen LogP contribution in [0.3, 0.4) is 0 Å². The summed E-state index contributed by atoms with van der Waals surface area (Å²) >= 11 is 0. The first-order chi connectivity index (χ1) is 13.7. The molecule has 1 aromatic carbocycles. The van der Waals surface area contributed by atoms with Crippen molar-refractivity contribution in [2.24, 2.45) is 0 Å². The first kappa shape index (κ1) is 18.7. The van der Waals surface area contributed by atoms with Gasteiger partial charge < -0.3 is 15.8 Å². The third-order valence-corrected chi connectivity index (χ3v) is 4.54. The quantitative estimate of drug-likeness (QED) is 0.372. The van der Waals surface area contributed by atoms with Gasteiger partial charge in [-0.3, -0.25) is 9.89 Å². The van der Waals surface area contributed by atoms with E-state index < -0.39 is 17.0 Å². The fraction of sp³-hybridized carbons (Fsp3) is 0.190. The number of aromatic nitrogens is 4. The van der Waals surface area contributed by atoms with Gasteiger partial charge in [0.2, 0.25) is 0 Å². The highest BCUT2D eigenvalue weighted by Crippen LogP contribution is 2.36. The van der Waals surface area contributed by atoms with Crippen LogP contribution in [0.5, 0.6) is 0 Å². The number of nitrogen functional groups attached to an aromatic ring is 1. The fourth-order valence-corrected chi connectivity index (χ4v) is 3.21. The van der Waals surface area contributed by atoms with Crippen LogP contribution in [0.25, 0.3) is 33.1 Å². The van der Waals surface area contributed by atoms with Crippen LogP contribution in [0.15, 0.2) is 29.2 Å². The summed E-state index contributed by atoms with van der Waals surface area (Å²) < 4.78 is 14.1. The molecule has 146 valence electrons. The van der Waals surface area contributed by atoms with Crippen molar-refractivity contribution in [3.63, 3.8) is 0 Å². The summed E-state index contributed by atoms with van der Waals surface area (Å²) in [5.74, 6) is 5.11. The van der Waals surface area contributed by atoms with Gasteiger partial charge in [0.1, 0.15) is 28.3 Å². The van der Waals surface area contributed by atoms with Gasteiger partial charge in [-0.25, -0.2) is 9.37 Å². The van der Waals surface area contributed by atoms with E-state index in [0.29, 0.717) is 33.2 Å². The molecule has 0 saturated carbocycles. The number of hydrogen-bond donors (Lipinski definition) is 4. The molecular formula is C21H18FN5O2. The second kappa shape index (κ2) is 6.43. The molecule has 3 aromatic heterocycles. The van der Waals surface area contributed by atoms with Gasteiger partial charge in [0.15, 0.2) is 0 Å². The number of pyridine rings is 2. The summed E-state index contributed by atoms with van der Waals surface area (Å²) in [5, 5.41) is 16.9. The zero-order valence-corrected chi connectivity index (χ0v) is 16.0. The molecule has 0 fully saturated rings. The Bertz CT molecular complexity index is 1400. The predicted molar refractivity (Wildman–Crippen MR) is 110 cm³/mol. The number of benzene rings is 1. The number of halogens is 1. The monoisotopic (exact) mass is 391 g/mol. The zero-order valence-electron chi connectivity index (χ0n) is 16.0. The molecule has 0 radical (unpaired) electrons. The minimum Gasteiger partial charge on any atom is -0.394 e. The van der Waals surface area contributed by atoms with Crippen molar-refractivity contribution >= 4 is 27.6 Å². The molecule has 0 spiro atoms. The van der Waals surface area contributed by atoms with Crippen LogP contribution in [-0.2, 0) is 0 Å². The van der Waals surface area contributed by atoms with Gasteiger partial charge in [0, 0.05) is 10.9 Å². The number of nitrogens with two attached hydrogens (primary N) is 1. The lowest BCUT2D eigenvalue weighted by Crippen LogP contribution is -2.15. The van der Waals surface area contributed by atoms with E-state index in [1.807, 2.05) is 6.92 Å². The first-order valence-corrected chi connectivity index (χ1v) is 8.86. The van der Waals surface area contributed by atoms with E-state index in [2.05, 4.69) is 32.0 Å². The second-order valence-corrected chi connectivity index (χ2v) is 7.35. The Morgan fingerprint density at radius 3 is 2.76 bits per heavy atom. The maximum atomic E-state index is 14.1. The van der Waals surface area contributed by atoms with E-state index >= 15 is 0 Å². The molecule has 0 aliphatic carbocycles. The molecule has 4 aromatic rings. The highest BCUT2D eigenvalue weighted by molar-refractivity contribution is 6.06. The summed E-state index contributed by atoms with van der Waals surface area (Å²) in [7, 11) is 0. The van der Waals surface area contributed by atoms with Gasteiger partial charge >= 0.3 is 0 Å². The SMILES string of the molecule is Cc1cc(C#CC(C)(C)O)nc2c(-c3ccc(F)c4[nH]ncc34)c(N)c(=O)[nH]c12. The molecule has 3 heterocycles. The van der Waals surface area contributed by atoms with Gasteiger partial charge in [0.05, 0.1) is 17.2 Å². The van der Waals surface area contributed by atoms with Crippen molar-refractivity contribution in [1.29, 1.82) is 0 Å². The first-order valence-electron chi connectivity index (χ1n) is 8.86. The largest absolute Gasteiger partial charge is 0.394 e. The van der Waals surface area contributed by atoms with Crippen LogP contribution >= 0.6 is 0 Å². The van der Waals surface area contributed by atoms with Crippen molar-refractivity contribution < 1.29 is 9.50 Å². The maximum absolute atomic E-state index is 14.1. The lowest BCUT2D eigenvalue weighted by Gasteiger charge is -2.12. The van der Waals surface area contributed by atoms with Crippen LogP contribution in [0, 0.1) is 24.6 Å². The molecule has 5 N–H and O–H groups in total. The lowest BCUT2D eigenvalue weighted by atomic mass is 9.98. The number of H-pyrrole nitrogens is 2. The minimum absolute atomic E-state index is 0.0360. The van der Waals surface area contributed by atoms with Crippen LogP contribution in [0.1, 0.15) is 25.1 Å². The molecule has 0 aliphatic heterocycles. The smallest absolute Gasteiger partial charge is 0.272 e. The molecule has 0 amide bonds. The van der Waals surface area contributed by atoms with E-state index in [4.69, 9.17) is 5.73 Å². The highest BCUT2D eigenvalue weighted by Gasteiger charge is 2.19. The zero-order chi connectivity index (χ0) is 20.9. The minimum atomic E-state index is -1.18. The molecule has 8 heteroatoms. The summed E-state index contributed by atoms with van der Waals surface area (Å²) in [6, 6.07) is 4.55. The maximum Gasteiger partial charge on any atom is 0.272 e. The van der Waals surface area contributed by atoms with Crippen LogP contribution < -0.4 is 11.3 Å². The molecule has 0 unspecified atom stereocenters. The lowest BCUT2D eigenvalue weighted by molar-refractivity contribution is 0.143. The van der Waals surface area contributed by atoms with Gasteiger partial charge in [-0.2, -0.15) is 5.10 Å². The third-order valence-electron chi connectivity index (χ3n) is 4.54. The number of aryl methyl sites for hydroxylation is 1. The van der Waals surface area contributed by atoms with Crippen molar-refractivity contribution in [3.8, 4) is 23.0 Å². The van der Waals surface area contributed by atoms with Crippen LogP contribution in [0.4, 0.5) is 10.1 Å². The van der Waals surface area contributed by atoms with Crippen LogP contribution in [-0.4, -0.2) is 30.9 Å². The average Bonchev–Trinajstić information content (AvgIpc) is 3.13. The van der Waals surface area contributed by atoms with Gasteiger partial charge in [-0.1, -0.05) is 12.0 Å². The van der Waals surface area contributed by atoms with Gasteiger partial charge in [-0.05, 0) is 50.0 Å². The van der Waals surface area contributed by atoms with Crippen molar-refractivity contribution in [3.05, 3.63) is 51.8 Å². The Hall–Kier alpha value is -3.70. The number of aromatic amines is 2. The van der Waals surface area contributed by atoms with Gasteiger partial charge in [0.25, 0.3) is 5.56 Å². The number of nitrogens with one attached hydrogen (secondary N) is 2. The summed E-state index contributed by atoms with van der Waals surface area (Å²) in [4.78, 5) is 19.8. The molecule has 29 heavy (non-hydrogen) atoms. The van der Waals surface area contributed by atoms with E-state index in [-0.39, 0.29) is 11.2 Å². The average molecular weight is 391 g/mol. The van der Waals surface area contributed by atoms with E-state index in [0.717, 1.165) is 5.56 Å². The number of aliphatic hydroxyl groups is 1. The normalized spacial score (nSPS) is 11.6. The van der Waals surface area contributed by atoms with Crippen molar-refractivity contribution in [1.82, 2.24) is 20.2 Å². The standard InChI is InChI=1S/C21H18FN5O2/c1-10-8-11(6-7-21(2,3)29)25-19-15(16(23)20(28)26-17(10)19)12-4-5-14(22)18-13(12)9-24-27-18/h4-5,8-9,29H,23H2,1-3H3,(H,24,27)(H,26,28). The Kier molecular flexibility index (Phi) is 4.14. The second-order valence-electron chi connectivity index (χ2n) is 7.35. The molecule has 7 nitrogen and oxygen atoms in total. The highest BCUT2D eigenvalue weighted by atomic mass is 19.1. The Morgan fingerprint density at radius 1 is 1.28 bits per heavy atom. The predicted octanol–water partition coefficient (Wildman–Crippen LogP) is 2.62. The van der Waals surface area contributed by atoms with Crippen molar-refractivity contribution in [2.75, 3.05) is 5.73 Å². The van der Waals surface area contributed by atoms with Crippen LogP contribution in [0.2, 0.25) is 0 Å². The number of fused-ring (bicyclic) bond motifs is 2. The Balaban J connectivity index is 2.12. The van der Waals surface area contributed by atoms with Crippen molar-refractivity contribution in [2.45, 2.75) is 26.4 Å². The summed E-state index contributed by atoms with van der Waals surface area (Å²) in [6.45, 7) is 4.96. The Morgan fingerprint density at radius 2 is 2.03 bits per heavy atom. The fourth-order valence-electron chi connectivity index (χ4n) is 3.21. The number of anilines is 1. The summed E-state index contributed by atoms with van der Waals surface area (Å²) in [6.07, 6.45) is 1.48. The van der Waals surface area contributed by atoms with E-state index in [9.17, 15) is 14.3 Å². The molecule has 0 bridgehead atoms. The Labute approximate surface area is 164 Å². The molecule has 4 rings (SSSR count). The summed E-state index contributed by atoms with van der Waals surface area (Å²) in [5.41, 5.74) is 7.66. The number of rotatable bonds is 1. The topological polar surface area (TPSA) is 121 Å². The molecular weight excluding hydrogens is 373 g/mol. The molecule has 0 saturated heterocycles. The number of hydrogen-bond acceptors (Lipinski definition) is 5. The third kappa shape index (κ3) is 3.22. The number of nitrogens with zero attached hydrogens (tertiary/aromatic N) is 2.